The van der Waals surface area contributed by atoms with Crippen LogP contribution in [-0.2, 0) is 11.3 Å². The van der Waals surface area contributed by atoms with Gasteiger partial charge in [-0.25, -0.2) is 4.68 Å². The number of hydrogen-bond donors (Lipinski definition) is 1. The fraction of sp³-hybridized carbons (Fsp3) is 0.348. The number of carbonyl (C=O) groups is 1. The van der Waals surface area contributed by atoms with Crippen LogP contribution in [0.4, 0.5) is 0 Å². The highest BCUT2D eigenvalue weighted by atomic mass is 32.2. The number of ether oxygens (including phenoxy) is 3. The first-order chi connectivity index (χ1) is 16.0. The van der Waals surface area contributed by atoms with Crippen LogP contribution in [0.3, 0.4) is 0 Å². The van der Waals surface area contributed by atoms with E-state index in [-0.39, 0.29) is 17.7 Å². The molecule has 1 amide bonds. The van der Waals surface area contributed by atoms with Gasteiger partial charge < -0.3 is 25.0 Å². The van der Waals surface area contributed by atoms with E-state index < -0.39 is 0 Å². The number of nitrogens with two attached hydrogens (primary N) is 1. The average molecular weight is 470 g/mol. The van der Waals surface area contributed by atoms with E-state index in [1.165, 1.54) is 16.4 Å². The number of benzene rings is 2. The number of nitrogens with zero attached hydrogens (tertiary/aromatic N) is 4. The van der Waals surface area contributed by atoms with Gasteiger partial charge in [0.2, 0.25) is 11.1 Å². The number of nitrogen functional groups attached to an aromatic ring is 1. The highest BCUT2D eigenvalue weighted by molar-refractivity contribution is 7.99. The minimum absolute atomic E-state index is 0.0462. The summed E-state index contributed by atoms with van der Waals surface area (Å²) >= 11 is 1.27. The Morgan fingerprint density at radius 1 is 1.06 bits per heavy atom. The molecule has 1 aromatic heterocycles. The smallest absolute Gasteiger partial charge is 0.233 e. The Morgan fingerprint density at radius 3 is 2.39 bits per heavy atom. The predicted molar refractivity (Wildman–Crippen MR) is 126 cm³/mol. The molecule has 1 fully saturated rings. The summed E-state index contributed by atoms with van der Waals surface area (Å²) in [6, 6.07) is 13.4. The Labute approximate surface area is 196 Å². The monoisotopic (exact) mass is 469 g/mol. The van der Waals surface area contributed by atoms with Crippen LogP contribution in [0.5, 0.6) is 17.2 Å². The number of amides is 1. The molecule has 0 aliphatic heterocycles. The molecule has 174 valence electrons. The van der Waals surface area contributed by atoms with Crippen molar-refractivity contribution in [2.24, 2.45) is 0 Å². The van der Waals surface area contributed by atoms with Gasteiger partial charge in [-0.05, 0) is 42.7 Å². The molecule has 0 saturated heterocycles. The molecule has 1 aliphatic carbocycles. The number of hydrogen-bond acceptors (Lipinski definition) is 8. The second-order valence-corrected chi connectivity index (χ2v) is 8.57. The van der Waals surface area contributed by atoms with Gasteiger partial charge >= 0.3 is 0 Å². The summed E-state index contributed by atoms with van der Waals surface area (Å²) in [5.74, 6) is 9.01. The van der Waals surface area contributed by atoms with Gasteiger partial charge in [0, 0.05) is 18.7 Å². The van der Waals surface area contributed by atoms with Crippen molar-refractivity contribution in [1.29, 1.82) is 0 Å². The predicted octanol–water partition coefficient (Wildman–Crippen LogP) is 2.97. The van der Waals surface area contributed by atoms with Crippen LogP contribution >= 0.6 is 11.8 Å². The van der Waals surface area contributed by atoms with Gasteiger partial charge in [0.15, 0.2) is 5.82 Å². The molecule has 0 unspecified atom stereocenters. The molecule has 0 bridgehead atoms. The molecule has 3 aromatic rings. The lowest BCUT2D eigenvalue weighted by Gasteiger charge is -2.22. The van der Waals surface area contributed by atoms with Crippen molar-refractivity contribution in [2.45, 2.75) is 30.6 Å². The number of carbonyl (C=O) groups excluding carboxylic acids is 1. The number of aromatic nitrogens is 3. The molecule has 2 aromatic carbocycles. The summed E-state index contributed by atoms with van der Waals surface area (Å²) in [6.07, 6.45) is 2.06. The van der Waals surface area contributed by atoms with E-state index in [0.29, 0.717) is 34.6 Å². The van der Waals surface area contributed by atoms with E-state index in [0.717, 1.165) is 24.2 Å². The highest BCUT2D eigenvalue weighted by Gasteiger charge is 2.32. The summed E-state index contributed by atoms with van der Waals surface area (Å²) in [6.45, 7) is 0.567. The topological polar surface area (TPSA) is 105 Å². The third kappa shape index (κ3) is 5.16. The van der Waals surface area contributed by atoms with E-state index in [1.807, 2.05) is 35.2 Å². The van der Waals surface area contributed by atoms with Gasteiger partial charge in [-0.1, -0.05) is 23.9 Å². The lowest BCUT2D eigenvalue weighted by Crippen LogP contribution is -2.34. The zero-order valence-corrected chi connectivity index (χ0v) is 19.7. The van der Waals surface area contributed by atoms with Gasteiger partial charge in [0.25, 0.3) is 0 Å². The van der Waals surface area contributed by atoms with Crippen molar-refractivity contribution in [2.75, 3.05) is 32.9 Å². The Bertz CT molecular complexity index is 1110. The maximum Gasteiger partial charge on any atom is 0.233 e. The van der Waals surface area contributed by atoms with Crippen molar-refractivity contribution >= 4 is 17.7 Å². The molecule has 2 N–H and O–H groups in total. The Hall–Kier alpha value is -3.40. The van der Waals surface area contributed by atoms with E-state index in [1.54, 1.807) is 33.5 Å². The molecular weight excluding hydrogens is 442 g/mol. The first-order valence-corrected chi connectivity index (χ1v) is 11.5. The molecule has 0 atom stereocenters. The van der Waals surface area contributed by atoms with Crippen LogP contribution in [-0.4, -0.2) is 58.8 Å². The zero-order chi connectivity index (χ0) is 23.4. The second kappa shape index (κ2) is 10.0. The van der Waals surface area contributed by atoms with Crippen molar-refractivity contribution < 1.29 is 19.0 Å². The molecule has 4 rings (SSSR count). The third-order valence-corrected chi connectivity index (χ3v) is 6.39. The third-order valence-electron chi connectivity index (χ3n) is 5.46. The molecule has 0 spiro atoms. The minimum atomic E-state index is 0.0462. The van der Waals surface area contributed by atoms with E-state index in [4.69, 9.17) is 20.1 Å². The van der Waals surface area contributed by atoms with Crippen LogP contribution in [0, 0.1) is 0 Å². The largest absolute Gasteiger partial charge is 0.497 e. The van der Waals surface area contributed by atoms with Gasteiger partial charge in [-0.15, -0.1) is 10.2 Å². The molecular formula is C23H27N5O4S. The van der Waals surface area contributed by atoms with Gasteiger partial charge in [-0.2, -0.15) is 0 Å². The van der Waals surface area contributed by atoms with Gasteiger partial charge in [-0.3, -0.25) is 4.79 Å². The summed E-state index contributed by atoms with van der Waals surface area (Å²) in [5.41, 5.74) is 1.75. The summed E-state index contributed by atoms with van der Waals surface area (Å²) in [4.78, 5) is 15.0. The standard InChI is InChI=1S/C23H27N5O4S/c1-30-17-8-4-15(5-9-17)13-27(16-6-7-16)21(29)14-33-23-26-25-22(28(23)24)19-11-10-18(31-2)12-20(19)32-3/h4-5,8-12,16H,6-7,13-14,24H2,1-3H3. The quantitative estimate of drug-likeness (QED) is 0.357. The van der Waals surface area contributed by atoms with Crippen molar-refractivity contribution in [3.8, 4) is 28.6 Å². The Kier molecular flexibility index (Phi) is 6.93. The van der Waals surface area contributed by atoms with Crippen molar-refractivity contribution in [3.05, 3.63) is 48.0 Å². The minimum Gasteiger partial charge on any atom is -0.497 e. The normalized spacial score (nSPS) is 12.9. The number of rotatable bonds is 10. The van der Waals surface area contributed by atoms with Crippen LogP contribution in [0.25, 0.3) is 11.4 Å². The number of thioether (sulfide) groups is 1. The summed E-state index contributed by atoms with van der Waals surface area (Å²) in [5, 5.41) is 8.85. The van der Waals surface area contributed by atoms with Crippen LogP contribution in [0.1, 0.15) is 18.4 Å². The maximum absolute atomic E-state index is 13.0. The maximum atomic E-state index is 13.0. The Morgan fingerprint density at radius 2 is 1.76 bits per heavy atom. The second-order valence-electron chi connectivity index (χ2n) is 7.63. The first-order valence-electron chi connectivity index (χ1n) is 10.5. The van der Waals surface area contributed by atoms with E-state index >= 15 is 0 Å². The van der Waals surface area contributed by atoms with Crippen LogP contribution in [0.2, 0.25) is 0 Å². The SMILES string of the molecule is COc1ccc(CN(C(=O)CSc2nnc(-c3ccc(OC)cc3OC)n2N)C2CC2)cc1. The van der Waals surface area contributed by atoms with E-state index in [2.05, 4.69) is 10.2 Å². The first kappa shape index (κ1) is 22.8. The highest BCUT2D eigenvalue weighted by Crippen LogP contribution is 2.33. The Balaban J connectivity index is 1.44. The zero-order valence-electron chi connectivity index (χ0n) is 18.9. The molecule has 9 nitrogen and oxygen atoms in total. The molecule has 0 radical (unpaired) electrons. The molecule has 1 aliphatic rings. The number of methoxy groups -OCH3 is 3. The van der Waals surface area contributed by atoms with Crippen LogP contribution in [0.15, 0.2) is 47.6 Å². The molecule has 1 saturated carbocycles. The fourth-order valence-corrected chi connectivity index (χ4v) is 4.23. The lowest BCUT2D eigenvalue weighted by atomic mass is 10.2. The summed E-state index contributed by atoms with van der Waals surface area (Å²) in [7, 11) is 4.79. The van der Waals surface area contributed by atoms with Gasteiger partial charge in [0.1, 0.15) is 17.2 Å². The van der Waals surface area contributed by atoms with E-state index in [9.17, 15) is 4.79 Å². The van der Waals surface area contributed by atoms with Crippen molar-refractivity contribution in [1.82, 2.24) is 19.8 Å². The lowest BCUT2D eigenvalue weighted by molar-refractivity contribution is -0.129. The molecule has 10 heteroatoms. The molecule has 1 heterocycles. The van der Waals surface area contributed by atoms with Gasteiger partial charge in [0.05, 0.1) is 32.6 Å². The average Bonchev–Trinajstić information content (AvgIpc) is 3.63. The summed E-state index contributed by atoms with van der Waals surface area (Å²) < 4.78 is 17.3. The van der Waals surface area contributed by atoms with Crippen molar-refractivity contribution in [3.63, 3.8) is 0 Å². The van der Waals surface area contributed by atoms with Crippen LogP contribution < -0.4 is 20.1 Å². The fourth-order valence-electron chi connectivity index (χ4n) is 3.49. The molecule has 33 heavy (non-hydrogen) atoms.